The topological polar surface area (TPSA) is 48.1 Å². The molecule has 84 valence electrons. The van der Waals surface area contributed by atoms with Gasteiger partial charge in [-0.3, -0.25) is 0 Å². The molecule has 0 atom stereocenters. The van der Waals surface area contributed by atoms with Crippen molar-refractivity contribution in [2.24, 2.45) is 5.73 Å². The van der Waals surface area contributed by atoms with Gasteiger partial charge in [0.1, 0.15) is 10.8 Å². The fourth-order valence-corrected chi connectivity index (χ4v) is 2.70. The van der Waals surface area contributed by atoms with Gasteiger partial charge in [0.15, 0.2) is 0 Å². The highest BCUT2D eigenvalue weighted by molar-refractivity contribution is 9.10. The van der Waals surface area contributed by atoms with Crippen LogP contribution >= 0.6 is 27.3 Å². The lowest BCUT2D eigenvalue weighted by Gasteiger charge is -2.04. The monoisotopic (exact) mass is 298 g/mol. The van der Waals surface area contributed by atoms with Crippen LogP contribution in [0.1, 0.15) is 5.69 Å². The van der Waals surface area contributed by atoms with E-state index >= 15 is 0 Å². The molecule has 0 amide bonds. The molecule has 0 aliphatic carbocycles. The molecule has 0 saturated heterocycles. The van der Waals surface area contributed by atoms with E-state index < -0.39 is 0 Å². The number of thiazole rings is 1. The first-order valence-electron chi connectivity index (χ1n) is 4.73. The molecule has 0 aliphatic rings. The van der Waals surface area contributed by atoms with Crippen molar-refractivity contribution >= 4 is 27.3 Å². The molecule has 16 heavy (non-hydrogen) atoms. The van der Waals surface area contributed by atoms with Gasteiger partial charge in [0.05, 0.1) is 17.3 Å². The summed E-state index contributed by atoms with van der Waals surface area (Å²) in [5.74, 6) is 0.819. The van der Waals surface area contributed by atoms with Crippen LogP contribution < -0.4 is 10.5 Å². The van der Waals surface area contributed by atoms with Gasteiger partial charge < -0.3 is 10.5 Å². The zero-order valence-corrected chi connectivity index (χ0v) is 11.1. The molecule has 2 aromatic rings. The van der Waals surface area contributed by atoms with E-state index in [0.717, 1.165) is 26.5 Å². The second-order valence-corrected chi connectivity index (χ2v) is 4.91. The molecule has 1 heterocycles. The van der Waals surface area contributed by atoms with Gasteiger partial charge in [-0.1, -0.05) is 0 Å². The van der Waals surface area contributed by atoms with Crippen molar-refractivity contribution in [2.75, 3.05) is 7.11 Å². The molecule has 3 nitrogen and oxygen atoms in total. The van der Waals surface area contributed by atoms with Crippen molar-refractivity contribution in [3.8, 4) is 16.3 Å². The number of benzene rings is 1. The Morgan fingerprint density at radius 3 is 2.88 bits per heavy atom. The van der Waals surface area contributed by atoms with E-state index in [2.05, 4.69) is 20.9 Å². The zero-order valence-electron chi connectivity index (χ0n) is 8.74. The van der Waals surface area contributed by atoms with Gasteiger partial charge in [-0.2, -0.15) is 0 Å². The molecule has 1 aromatic heterocycles. The number of methoxy groups -OCH3 is 1. The van der Waals surface area contributed by atoms with Crippen LogP contribution in [-0.4, -0.2) is 12.1 Å². The summed E-state index contributed by atoms with van der Waals surface area (Å²) in [5.41, 5.74) is 7.52. The maximum Gasteiger partial charge on any atom is 0.133 e. The third-order valence-corrected chi connectivity index (χ3v) is 3.72. The van der Waals surface area contributed by atoms with Crippen LogP contribution in [0, 0.1) is 0 Å². The zero-order chi connectivity index (χ0) is 11.5. The molecule has 2 N–H and O–H groups in total. The minimum absolute atomic E-state index is 0.480. The third-order valence-electron chi connectivity index (χ3n) is 2.16. The molecule has 0 saturated carbocycles. The normalized spacial score (nSPS) is 10.4. The number of nitrogens with zero attached hydrogens (tertiary/aromatic N) is 1. The van der Waals surface area contributed by atoms with Gasteiger partial charge >= 0.3 is 0 Å². The molecule has 1 aromatic carbocycles. The molecule has 0 spiro atoms. The molecule has 5 heteroatoms. The van der Waals surface area contributed by atoms with Gasteiger partial charge in [-0.05, 0) is 34.1 Å². The smallest absolute Gasteiger partial charge is 0.133 e. The summed E-state index contributed by atoms with van der Waals surface area (Å²) in [6.45, 7) is 0.480. The average Bonchev–Trinajstić information content (AvgIpc) is 2.77. The Kier molecular flexibility index (Phi) is 3.58. The summed E-state index contributed by atoms with van der Waals surface area (Å²) >= 11 is 5.05. The van der Waals surface area contributed by atoms with Crippen molar-refractivity contribution in [1.82, 2.24) is 4.98 Å². The summed E-state index contributed by atoms with van der Waals surface area (Å²) in [6.07, 6.45) is 0. The van der Waals surface area contributed by atoms with E-state index in [-0.39, 0.29) is 0 Å². The van der Waals surface area contributed by atoms with Crippen LogP contribution in [0.3, 0.4) is 0 Å². The van der Waals surface area contributed by atoms with Gasteiger partial charge in [0, 0.05) is 17.5 Å². The molecule has 0 fully saturated rings. The van der Waals surface area contributed by atoms with Crippen molar-refractivity contribution in [3.05, 3.63) is 33.7 Å². The maximum absolute atomic E-state index is 5.53. The van der Waals surface area contributed by atoms with E-state index in [1.807, 2.05) is 23.6 Å². The number of hydrogen-bond acceptors (Lipinski definition) is 4. The van der Waals surface area contributed by atoms with Crippen molar-refractivity contribution < 1.29 is 4.74 Å². The Balaban J connectivity index is 2.37. The van der Waals surface area contributed by atoms with E-state index in [0.29, 0.717) is 6.54 Å². The van der Waals surface area contributed by atoms with Gasteiger partial charge in [0.2, 0.25) is 0 Å². The first kappa shape index (κ1) is 11.6. The number of nitrogens with two attached hydrogens (primary N) is 1. The van der Waals surface area contributed by atoms with Crippen molar-refractivity contribution in [1.29, 1.82) is 0 Å². The SMILES string of the molecule is COc1ccc(-c2nc(CN)cs2)cc1Br. The van der Waals surface area contributed by atoms with E-state index in [9.17, 15) is 0 Å². The standard InChI is InChI=1S/C11H11BrN2OS/c1-15-10-3-2-7(4-9(10)12)11-14-8(5-13)6-16-11/h2-4,6H,5,13H2,1H3. The van der Waals surface area contributed by atoms with E-state index in [1.165, 1.54) is 0 Å². The number of hydrogen-bond donors (Lipinski definition) is 1. The molecule has 0 bridgehead atoms. The Morgan fingerprint density at radius 1 is 1.50 bits per heavy atom. The summed E-state index contributed by atoms with van der Waals surface area (Å²) in [5, 5.41) is 2.96. The van der Waals surface area contributed by atoms with Gasteiger partial charge in [-0.25, -0.2) is 4.98 Å². The van der Waals surface area contributed by atoms with Crippen LogP contribution in [0.25, 0.3) is 10.6 Å². The van der Waals surface area contributed by atoms with Crippen LogP contribution in [-0.2, 0) is 6.54 Å². The Labute approximate surface area is 106 Å². The molecular formula is C11H11BrN2OS. The Morgan fingerprint density at radius 2 is 2.31 bits per heavy atom. The van der Waals surface area contributed by atoms with E-state index in [1.54, 1.807) is 18.4 Å². The molecule has 0 aliphatic heterocycles. The highest BCUT2D eigenvalue weighted by atomic mass is 79.9. The van der Waals surface area contributed by atoms with Crippen LogP contribution in [0.15, 0.2) is 28.1 Å². The minimum atomic E-state index is 0.480. The van der Waals surface area contributed by atoms with Crippen molar-refractivity contribution in [2.45, 2.75) is 6.54 Å². The molecule has 0 radical (unpaired) electrons. The summed E-state index contributed by atoms with van der Waals surface area (Å²) in [7, 11) is 1.65. The quantitative estimate of drug-likeness (QED) is 0.947. The van der Waals surface area contributed by atoms with Gasteiger partial charge in [0.25, 0.3) is 0 Å². The molecule has 0 unspecified atom stereocenters. The first-order chi connectivity index (χ1) is 7.74. The fourth-order valence-electron chi connectivity index (χ4n) is 1.33. The average molecular weight is 299 g/mol. The summed E-state index contributed by atoms with van der Waals surface area (Å²) < 4.78 is 6.11. The predicted molar refractivity (Wildman–Crippen MR) is 69.7 cm³/mol. The van der Waals surface area contributed by atoms with Crippen molar-refractivity contribution in [3.63, 3.8) is 0 Å². The maximum atomic E-state index is 5.53. The second kappa shape index (κ2) is 4.95. The third kappa shape index (κ3) is 2.26. The number of aromatic nitrogens is 1. The largest absolute Gasteiger partial charge is 0.496 e. The second-order valence-electron chi connectivity index (χ2n) is 3.20. The number of rotatable bonds is 3. The van der Waals surface area contributed by atoms with Crippen LogP contribution in [0.4, 0.5) is 0 Å². The number of halogens is 1. The lowest BCUT2D eigenvalue weighted by Crippen LogP contribution is -1.95. The van der Waals surface area contributed by atoms with Crippen LogP contribution in [0.2, 0.25) is 0 Å². The first-order valence-corrected chi connectivity index (χ1v) is 6.40. The minimum Gasteiger partial charge on any atom is -0.496 e. The van der Waals surface area contributed by atoms with Gasteiger partial charge in [-0.15, -0.1) is 11.3 Å². The van der Waals surface area contributed by atoms with Crippen LogP contribution in [0.5, 0.6) is 5.75 Å². The number of ether oxygens (including phenoxy) is 1. The lowest BCUT2D eigenvalue weighted by molar-refractivity contribution is 0.412. The van der Waals surface area contributed by atoms with E-state index in [4.69, 9.17) is 10.5 Å². The Bertz CT molecular complexity index is 498. The lowest BCUT2D eigenvalue weighted by atomic mass is 10.2. The summed E-state index contributed by atoms with van der Waals surface area (Å²) in [4.78, 5) is 4.43. The fraction of sp³-hybridized carbons (Fsp3) is 0.182. The molecule has 2 rings (SSSR count). The summed E-state index contributed by atoms with van der Waals surface area (Å²) in [6, 6.07) is 5.91. The predicted octanol–water partition coefficient (Wildman–Crippen LogP) is 3.04. The highest BCUT2D eigenvalue weighted by Crippen LogP contribution is 2.31. The highest BCUT2D eigenvalue weighted by Gasteiger charge is 2.06. The molecular weight excluding hydrogens is 288 g/mol. The Hall–Kier alpha value is -0.910.